The first-order valence-electron chi connectivity index (χ1n) is 10.2. The van der Waals surface area contributed by atoms with E-state index < -0.39 is 5.60 Å². The van der Waals surface area contributed by atoms with Gasteiger partial charge in [0, 0.05) is 12.3 Å². The average Bonchev–Trinajstić information content (AvgIpc) is 2.84. The molecule has 5 heteroatoms. The van der Waals surface area contributed by atoms with Crippen LogP contribution < -0.4 is 0 Å². The Labute approximate surface area is 155 Å². The Balaban J connectivity index is 1.65. The van der Waals surface area contributed by atoms with Crippen LogP contribution in [0.2, 0.25) is 0 Å². The molecule has 0 amide bonds. The molecule has 0 aliphatic heterocycles. The quantitative estimate of drug-likeness (QED) is 0.752. The fourth-order valence-electron chi connectivity index (χ4n) is 7.77. The van der Waals surface area contributed by atoms with Crippen LogP contribution in [0.25, 0.3) is 0 Å². The second-order valence-electron chi connectivity index (χ2n) is 9.84. The zero-order chi connectivity index (χ0) is 18.7. The minimum atomic E-state index is -0.923. The first-order chi connectivity index (χ1) is 12.3. The molecule has 4 aliphatic carbocycles. The first kappa shape index (κ1) is 18.4. The predicted octanol–water partition coefficient (Wildman–Crippen LogP) is 2.47. The summed E-state index contributed by atoms with van der Waals surface area (Å²) in [5.74, 6) is 0.638. The van der Waals surface area contributed by atoms with Crippen molar-refractivity contribution in [2.75, 3.05) is 13.7 Å². The minimum absolute atomic E-state index is 0.0382. The Morgan fingerprint density at radius 1 is 1.27 bits per heavy atom. The zero-order valence-corrected chi connectivity index (χ0v) is 16.0. The molecule has 4 fully saturated rings. The van der Waals surface area contributed by atoms with Crippen LogP contribution >= 0.6 is 0 Å². The Bertz CT molecular complexity index is 618. The summed E-state index contributed by atoms with van der Waals surface area (Å²) in [5.41, 5.74) is -0.785. The lowest BCUT2D eigenvalue weighted by Gasteiger charge is -2.61. The highest BCUT2D eigenvalue weighted by Gasteiger charge is 2.66. The lowest BCUT2D eigenvalue weighted by molar-refractivity contribution is -0.160. The number of rotatable bonds is 3. The van der Waals surface area contributed by atoms with Crippen molar-refractivity contribution >= 4 is 11.8 Å². The molecule has 1 spiro atoms. The van der Waals surface area contributed by atoms with Gasteiger partial charge in [0.05, 0.1) is 25.7 Å². The normalized spacial score (nSPS) is 50.1. The smallest absolute Gasteiger partial charge is 0.306 e. The molecule has 2 N–H and O–H groups in total. The lowest BCUT2D eigenvalue weighted by atomic mass is 9.43. The highest BCUT2D eigenvalue weighted by atomic mass is 16.5. The number of ether oxygens (including phenoxy) is 1. The summed E-state index contributed by atoms with van der Waals surface area (Å²) in [7, 11) is 1.39. The van der Waals surface area contributed by atoms with Crippen molar-refractivity contribution in [1.29, 1.82) is 0 Å². The van der Waals surface area contributed by atoms with E-state index >= 15 is 0 Å². The molecule has 0 aromatic carbocycles. The van der Waals surface area contributed by atoms with Gasteiger partial charge in [-0.25, -0.2) is 0 Å². The summed E-state index contributed by atoms with van der Waals surface area (Å²) in [5, 5.41) is 20.8. The van der Waals surface area contributed by atoms with Gasteiger partial charge < -0.3 is 14.9 Å². The SMILES string of the molecule is COC(=O)C[C@H]1C(=O)CC[C@]2(C)[C@@H]1CC[C@@]13C[C@@H](CC[C@H]12)[C@@](O)(CO)C3. The minimum Gasteiger partial charge on any atom is -0.469 e. The van der Waals surface area contributed by atoms with Gasteiger partial charge in [-0.15, -0.1) is 0 Å². The summed E-state index contributed by atoms with van der Waals surface area (Å²) in [6.07, 6.45) is 7.32. The third-order valence-electron chi connectivity index (χ3n) is 8.91. The third kappa shape index (κ3) is 2.42. The highest BCUT2D eigenvalue weighted by molar-refractivity contribution is 5.86. The van der Waals surface area contributed by atoms with Gasteiger partial charge >= 0.3 is 5.97 Å². The Kier molecular flexibility index (Phi) is 4.27. The maximum atomic E-state index is 12.6. The molecule has 146 valence electrons. The predicted molar refractivity (Wildman–Crippen MR) is 95.1 cm³/mol. The number of hydrogen-bond acceptors (Lipinski definition) is 5. The number of methoxy groups -OCH3 is 1. The summed E-state index contributed by atoms with van der Waals surface area (Å²) >= 11 is 0. The van der Waals surface area contributed by atoms with Crippen LogP contribution in [-0.2, 0) is 14.3 Å². The van der Waals surface area contributed by atoms with E-state index in [-0.39, 0.29) is 53.4 Å². The largest absolute Gasteiger partial charge is 0.469 e. The molecule has 0 heterocycles. The third-order valence-corrected chi connectivity index (χ3v) is 8.91. The molecule has 2 bridgehead atoms. The number of aliphatic hydroxyl groups excluding tert-OH is 1. The van der Waals surface area contributed by atoms with Crippen molar-refractivity contribution in [3.05, 3.63) is 0 Å². The molecular formula is C21H32O5. The Hall–Kier alpha value is -0.940. The average molecular weight is 364 g/mol. The molecule has 0 aromatic rings. The van der Waals surface area contributed by atoms with E-state index in [1.54, 1.807) is 0 Å². The van der Waals surface area contributed by atoms with Gasteiger partial charge in [-0.1, -0.05) is 6.92 Å². The Morgan fingerprint density at radius 3 is 2.73 bits per heavy atom. The van der Waals surface area contributed by atoms with Crippen molar-refractivity contribution in [2.45, 2.75) is 70.3 Å². The number of ketones is 1. The topological polar surface area (TPSA) is 83.8 Å². The molecular weight excluding hydrogens is 332 g/mol. The van der Waals surface area contributed by atoms with Crippen LogP contribution in [0.5, 0.6) is 0 Å². The van der Waals surface area contributed by atoms with Crippen LogP contribution in [-0.4, -0.2) is 41.3 Å². The Morgan fingerprint density at radius 2 is 2.04 bits per heavy atom. The lowest BCUT2D eigenvalue weighted by Crippen LogP contribution is -2.55. The van der Waals surface area contributed by atoms with Gasteiger partial charge in [0.1, 0.15) is 5.78 Å². The van der Waals surface area contributed by atoms with Gasteiger partial charge in [-0.05, 0) is 73.5 Å². The molecule has 0 radical (unpaired) electrons. The molecule has 4 saturated carbocycles. The van der Waals surface area contributed by atoms with Gasteiger partial charge in [0.2, 0.25) is 0 Å². The standard InChI is InChI=1S/C21H32O5/c1-19-7-6-16(23)14(9-18(24)26-2)15(19)5-8-20-10-13(3-4-17(19)20)21(25,11-20)12-22/h13-15,17,22,25H,3-12H2,1-2H3/t13-,14-,15-,17+,19-,20+,21+/m1/s1. The molecule has 0 unspecified atom stereocenters. The van der Waals surface area contributed by atoms with E-state index in [4.69, 9.17) is 4.74 Å². The second-order valence-corrected chi connectivity index (χ2v) is 9.84. The highest BCUT2D eigenvalue weighted by Crippen LogP contribution is 2.71. The maximum absolute atomic E-state index is 12.6. The van der Waals surface area contributed by atoms with E-state index in [1.807, 2.05) is 0 Å². The number of esters is 1. The number of carbonyl (C=O) groups is 2. The molecule has 0 aromatic heterocycles. The maximum Gasteiger partial charge on any atom is 0.306 e. The van der Waals surface area contributed by atoms with Crippen molar-refractivity contribution < 1.29 is 24.5 Å². The van der Waals surface area contributed by atoms with E-state index in [1.165, 1.54) is 7.11 Å². The van der Waals surface area contributed by atoms with Crippen LogP contribution in [0.3, 0.4) is 0 Å². The van der Waals surface area contributed by atoms with Crippen molar-refractivity contribution in [3.63, 3.8) is 0 Å². The van der Waals surface area contributed by atoms with Crippen molar-refractivity contribution in [1.82, 2.24) is 0 Å². The van der Waals surface area contributed by atoms with Gasteiger partial charge in [-0.2, -0.15) is 0 Å². The van der Waals surface area contributed by atoms with Gasteiger partial charge in [0.25, 0.3) is 0 Å². The first-order valence-corrected chi connectivity index (χ1v) is 10.2. The van der Waals surface area contributed by atoms with Gasteiger partial charge in [0.15, 0.2) is 0 Å². The van der Waals surface area contributed by atoms with Crippen LogP contribution in [0.1, 0.15) is 64.7 Å². The molecule has 4 rings (SSSR count). The van der Waals surface area contributed by atoms with Crippen molar-refractivity contribution in [2.24, 2.45) is 34.5 Å². The summed E-state index contributed by atoms with van der Waals surface area (Å²) in [6.45, 7) is 2.19. The molecule has 4 aliphatic rings. The van der Waals surface area contributed by atoms with E-state index in [9.17, 15) is 19.8 Å². The number of aliphatic hydroxyl groups is 2. The molecule has 26 heavy (non-hydrogen) atoms. The van der Waals surface area contributed by atoms with Crippen LogP contribution in [0.4, 0.5) is 0 Å². The van der Waals surface area contributed by atoms with E-state index in [0.717, 1.165) is 38.5 Å². The monoisotopic (exact) mass is 364 g/mol. The fraction of sp³-hybridized carbons (Fsp3) is 0.905. The number of fused-ring (bicyclic) bond motifs is 3. The van der Waals surface area contributed by atoms with Crippen molar-refractivity contribution in [3.8, 4) is 0 Å². The van der Waals surface area contributed by atoms with Crippen LogP contribution in [0, 0.1) is 34.5 Å². The zero-order valence-electron chi connectivity index (χ0n) is 16.0. The number of hydrogen-bond donors (Lipinski definition) is 2. The van der Waals surface area contributed by atoms with Gasteiger partial charge in [-0.3, -0.25) is 9.59 Å². The molecule has 7 atom stereocenters. The van der Waals surface area contributed by atoms with E-state index in [0.29, 0.717) is 18.8 Å². The van der Waals surface area contributed by atoms with Crippen LogP contribution in [0.15, 0.2) is 0 Å². The fourth-order valence-corrected chi connectivity index (χ4v) is 7.77. The summed E-state index contributed by atoms with van der Waals surface area (Å²) in [4.78, 5) is 24.5. The molecule has 0 saturated heterocycles. The number of carbonyl (C=O) groups excluding carboxylic acids is 2. The molecule has 5 nitrogen and oxygen atoms in total. The van der Waals surface area contributed by atoms with E-state index in [2.05, 4.69) is 6.92 Å². The summed E-state index contributed by atoms with van der Waals surface area (Å²) in [6, 6.07) is 0. The number of Topliss-reactive ketones (excluding diaryl/α,β-unsaturated/α-hetero) is 1. The second kappa shape index (κ2) is 6.03. The summed E-state index contributed by atoms with van der Waals surface area (Å²) < 4.78 is 4.86.